The highest BCUT2D eigenvalue weighted by molar-refractivity contribution is 8.18. The monoisotopic (exact) mass is 491 g/mol. The van der Waals surface area contributed by atoms with Gasteiger partial charge >= 0.3 is 0 Å². The summed E-state index contributed by atoms with van der Waals surface area (Å²) in [6, 6.07) is 13.3. The molecule has 0 unspecified atom stereocenters. The highest BCUT2D eigenvalue weighted by atomic mass is 35.5. The third kappa shape index (κ3) is 6.59. The highest BCUT2D eigenvalue weighted by Gasteiger charge is 2.34. The molecule has 10 heteroatoms. The molecule has 4 amide bonds. The van der Waals surface area contributed by atoms with Crippen molar-refractivity contribution < 1.29 is 19.2 Å². The predicted octanol–water partition coefficient (Wildman–Crippen LogP) is 3.97. The molecule has 1 fully saturated rings. The van der Waals surface area contributed by atoms with Gasteiger partial charge < -0.3 is 10.6 Å². The van der Waals surface area contributed by atoms with Gasteiger partial charge in [-0.3, -0.25) is 24.1 Å². The van der Waals surface area contributed by atoms with Crippen LogP contribution in [0.4, 0.5) is 4.79 Å². The number of carbonyl (C=O) groups excluding carboxylic acids is 4. The number of nitrogens with zero attached hydrogens (tertiary/aromatic N) is 1. The fourth-order valence-electron chi connectivity index (χ4n) is 2.79. The minimum Gasteiger partial charge on any atom is -0.354 e. The van der Waals surface area contributed by atoms with E-state index < -0.39 is 5.91 Å². The van der Waals surface area contributed by atoms with Gasteiger partial charge in [-0.2, -0.15) is 0 Å². The maximum Gasteiger partial charge on any atom is 0.293 e. The van der Waals surface area contributed by atoms with Crippen LogP contribution in [-0.4, -0.2) is 47.5 Å². The number of benzene rings is 2. The topological polar surface area (TPSA) is 95.6 Å². The number of carbonyl (C=O) groups is 4. The standard InChI is InChI=1S/C22H19Cl2N3O4S/c23-16-5-1-14(2-6-16)13-18-21(30)27(22(31)32-18)12-11-25-19(28)9-10-26-20(29)15-3-7-17(24)8-4-15/h1-8,13H,9-12H2,(H,25,28)(H,26,29). The van der Waals surface area contributed by atoms with Gasteiger partial charge in [0.2, 0.25) is 5.91 Å². The van der Waals surface area contributed by atoms with Crippen LogP contribution in [-0.2, 0) is 9.59 Å². The number of rotatable bonds is 8. The van der Waals surface area contributed by atoms with Gasteiger partial charge in [0.1, 0.15) is 0 Å². The molecule has 0 bridgehead atoms. The molecule has 0 atom stereocenters. The zero-order chi connectivity index (χ0) is 23.1. The predicted molar refractivity (Wildman–Crippen MR) is 126 cm³/mol. The second kappa shape index (κ2) is 11.2. The molecule has 2 N–H and O–H groups in total. The van der Waals surface area contributed by atoms with Gasteiger partial charge in [-0.1, -0.05) is 35.3 Å². The molecule has 0 spiro atoms. The molecule has 0 radical (unpaired) electrons. The zero-order valence-electron chi connectivity index (χ0n) is 16.8. The first-order chi connectivity index (χ1) is 15.3. The number of halogens is 2. The van der Waals surface area contributed by atoms with Crippen LogP contribution in [0, 0.1) is 0 Å². The molecule has 3 rings (SSSR count). The van der Waals surface area contributed by atoms with Crippen molar-refractivity contribution in [2.24, 2.45) is 0 Å². The molecule has 0 saturated carbocycles. The van der Waals surface area contributed by atoms with E-state index in [1.165, 1.54) is 0 Å². The minimum atomic E-state index is -0.403. The lowest BCUT2D eigenvalue weighted by Crippen LogP contribution is -2.38. The number of imide groups is 1. The van der Waals surface area contributed by atoms with E-state index >= 15 is 0 Å². The van der Waals surface area contributed by atoms with E-state index in [1.807, 2.05) is 0 Å². The number of hydrogen-bond acceptors (Lipinski definition) is 5. The fraction of sp³-hybridized carbons (Fsp3) is 0.182. The summed E-state index contributed by atoms with van der Waals surface area (Å²) >= 11 is 12.5. The average molecular weight is 492 g/mol. The maximum atomic E-state index is 12.5. The van der Waals surface area contributed by atoms with E-state index in [2.05, 4.69) is 10.6 Å². The van der Waals surface area contributed by atoms with Crippen molar-refractivity contribution in [1.82, 2.24) is 15.5 Å². The van der Waals surface area contributed by atoms with Gasteiger partial charge in [0.15, 0.2) is 0 Å². The molecule has 7 nitrogen and oxygen atoms in total. The van der Waals surface area contributed by atoms with Crippen molar-refractivity contribution in [2.75, 3.05) is 19.6 Å². The number of amides is 4. The lowest BCUT2D eigenvalue weighted by molar-refractivity contribution is -0.124. The smallest absolute Gasteiger partial charge is 0.293 e. The number of thioether (sulfide) groups is 1. The first-order valence-electron chi connectivity index (χ1n) is 9.65. The number of nitrogens with one attached hydrogen (secondary N) is 2. The molecule has 1 aliphatic rings. The number of hydrogen-bond donors (Lipinski definition) is 2. The SMILES string of the molecule is O=C(CCNC(=O)c1ccc(Cl)cc1)NCCN1C(=O)SC(=Cc2ccc(Cl)cc2)C1=O. The molecule has 1 saturated heterocycles. The first kappa shape index (κ1) is 23.8. The second-order valence-electron chi connectivity index (χ2n) is 6.75. The third-order valence-corrected chi connectivity index (χ3v) is 5.85. The summed E-state index contributed by atoms with van der Waals surface area (Å²) in [7, 11) is 0. The Morgan fingerprint density at radius 1 is 0.906 bits per heavy atom. The van der Waals surface area contributed by atoms with Gasteiger partial charge in [0, 0.05) is 41.7 Å². The molecule has 32 heavy (non-hydrogen) atoms. The summed E-state index contributed by atoms with van der Waals surface area (Å²) < 4.78 is 0. The molecular weight excluding hydrogens is 473 g/mol. The molecule has 166 valence electrons. The third-order valence-electron chi connectivity index (χ3n) is 4.44. The molecule has 1 aliphatic heterocycles. The van der Waals surface area contributed by atoms with Gasteiger partial charge in [-0.15, -0.1) is 0 Å². The Balaban J connectivity index is 1.40. The van der Waals surface area contributed by atoms with Crippen LogP contribution in [0.2, 0.25) is 10.0 Å². The van der Waals surface area contributed by atoms with E-state index in [0.717, 1.165) is 22.2 Å². The van der Waals surface area contributed by atoms with Crippen molar-refractivity contribution in [3.8, 4) is 0 Å². The van der Waals surface area contributed by atoms with Crippen LogP contribution in [0.15, 0.2) is 53.4 Å². The summed E-state index contributed by atoms with van der Waals surface area (Å²) in [4.78, 5) is 50.0. The average Bonchev–Trinajstić information content (AvgIpc) is 3.03. The van der Waals surface area contributed by atoms with Crippen LogP contribution in [0.5, 0.6) is 0 Å². The van der Waals surface area contributed by atoms with E-state index in [4.69, 9.17) is 23.2 Å². The summed E-state index contributed by atoms with van der Waals surface area (Å²) in [6.07, 6.45) is 1.70. The lowest BCUT2D eigenvalue weighted by Gasteiger charge is -2.13. The minimum absolute atomic E-state index is 0.0610. The Bertz CT molecular complexity index is 1060. The van der Waals surface area contributed by atoms with E-state index in [1.54, 1.807) is 54.6 Å². The lowest BCUT2D eigenvalue weighted by atomic mass is 10.2. The molecule has 1 heterocycles. The van der Waals surface area contributed by atoms with Gasteiger partial charge in [-0.05, 0) is 59.8 Å². The van der Waals surface area contributed by atoms with Gasteiger partial charge in [0.25, 0.3) is 17.1 Å². The van der Waals surface area contributed by atoms with Crippen molar-refractivity contribution in [1.29, 1.82) is 0 Å². The van der Waals surface area contributed by atoms with Gasteiger partial charge in [-0.25, -0.2) is 0 Å². The Morgan fingerprint density at radius 3 is 2.19 bits per heavy atom. The Morgan fingerprint density at radius 2 is 1.53 bits per heavy atom. The largest absolute Gasteiger partial charge is 0.354 e. The summed E-state index contributed by atoms with van der Waals surface area (Å²) in [5.41, 5.74) is 1.20. The summed E-state index contributed by atoms with van der Waals surface area (Å²) in [5.74, 6) is -1.01. The molecule has 2 aromatic carbocycles. The van der Waals surface area contributed by atoms with Crippen molar-refractivity contribution >= 4 is 64.0 Å². The van der Waals surface area contributed by atoms with Crippen LogP contribution in [0.3, 0.4) is 0 Å². The van der Waals surface area contributed by atoms with Gasteiger partial charge in [0.05, 0.1) is 4.91 Å². The summed E-state index contributed by atoms with van der Waals surface area (Å²) in [5, 5.41) is 6.01. The van der Waals surface area contributed by atoms with E-state index in [-0.39, 0.29) is 43.1 Å². The van der Waals surface area contributed by atoms with E-state index in [9.17, 15) is 19.2 Å². The Hall–Kier alpha value is -2.81. The second-order valence-corrected chi connectivity index (χ2v) is 8.61. The van der Waals surface area contributed by atoms with Crippen LogP contribution in [0.25, 0.3) is 6.08 Å². The fourth-order valence-corrected chi connectivity index (χ4v) is 3.91. The Labute approximate surface area is 199 Å². The normalized spacial score (nSPS) is 14.7. The van der Waals surface area contributed by atoms with Crippen molar-refractivity contribution in [2.45, 2.75) is 6.42 Å². The molecule has 2 aromatic rings. The maximum absolute atomic E-state index is 12.5. The van der Waals surface area contributed by atoms with Crippen LogP contribution in [0.1, 0.15) is 22.3 Å². The molecule has 0 aliphatic carbocycles. The molecule has 0 aromatic heterocycles. The summed E-state index contributed by atoms with van der Waals surface area (Å²) in [6.45, 7) is 0.334. The Kier molecular flexibility index (Phi) is 8.33. The first-order valence-corrected chi connectivity index (χ1v) is 11.2. The van der Waals surface area contributed by atoms with E-state index in [0.29, 0.717) is 20.5 Å². The van der Waals surface area contributed by atoms with Crippen LogP contribution < -0.4 is 10.6 Å². The molecular formula is C22H19Cl2N3O4S. The van der Waals surface area contributed by atoms with Crippen molar-refractivity contribution in [3.05, 3.63) is 74.6 Å². The highest BCUT2D eigenvalue weighted by Crippen LogP contribution is 2.32. The quantitative estimate of drug-likeness (QED) is 0.544. The van der Waals surface area contributed by atoms with Crippen LogP contribution >= 0.6 is 35.0 Å². The zero-order valence-corrected chi connectivity index (χ0v) is 19.1. The van der Waals surface area contributed by atoms with Crippen molar-refractivity contribution in [3.63, 3.8) is 0 Å².